The van der Waals surface area contributed by atoms with E-state index in [-0.39, 0.29) is 24.2 Å². The summed E-state index contributed by atoms with van der Waals surface area (Å²) < 4.78 is 52.7. The van der Waals surface area contributed by atoms with Crippen LogP contribution in [0.25, 0.3) is 0 Å². The van der Waals surface area contributed by atoms with Crippen molar-refractivity contribution in [2.75, 3.05) is 14.1 Å². The molecule has 158 valence electrons. The monoisotopic (exact) mass is 409 g/mol. The Morgan fingerprint density at radius 2 is 1.79 bits per heavy atom. The van der Waals surface area contributed by atoms with E-state index in [2.05, 4.69) is 0 Å². The van der Waals surface area contributed by atoms with E-state index in [0.29, 0.717) is 12.0 Å². The maximum absolute atomic E-state index is 13.4. The van der Waals surface area contributed by atoms with Gasteiger partial charge in [0.05, 0.1) is 11.2 Å². The smallest absolute Gasteiger partial charge is 0.389 e. The molecule has 0 spiro atoms. The van der Waals surface area contributed by atoms with Crippen LogP contribution in [-0.4, -0.2) is 29.7 Å². The maximum atomic E-state index is 13.4. The van der Waals surface area contributed by atoms with Crippen LogP contribution in [0.1, 0.15) is 48.4 Å². The van der Waals surface area contributed by atoms with Gasteiger partial charge in [-0.05, 0) is 56.3 Å². The third kappa shape index (κ3) is 4.98. The molecule has 2 nitrogen and oxygen atoms in total. The molecule has 0 aliphatic heterocycles. The molecule has 6 heteroatoms. The molecule has 1 saturated carbocycles. The molecule has 0 amide bonds. The minimum Gasteiger partial charge on any atom is -0.389 e. The summed E-state index contributed by atoms with van der Waals surface area (Å²) in [6.45, 7) is 0. The number of benzene rings is 2. The Bertz CT molecular complexity index is 818. The largest absolute Gasteiger partial charge is 0.416 e. The summed E-state index contributed by atoms with van der Waals surface area (Å²) in [5.74, 6) is -0.500. The number of aliphatic hydroxyl groups is 1. The highest BCUT2D eigenvalue weighted by atomic mass is 19.4. The van der Waals surface area contributed by atoms with Crippen LogP contribution < -0.4 is 0 Å². The number of hydrogen-bond donors (Lipinski definition) is 1. The topological polar surface area (TPSA) is 23.5 Å². The van der Waals surface area contributed by atoms with Crippen LogP contribution in [-0.2, 0) is 12.6 Å². The molecule has 0 aromatic heterocycles. The van der Waals surface area contributed by atoms with E-state index < -0.39 is 17.3 Å². The van der Waals surface area contributed by atoms with E-state index in [1.54, 1.807) is 18.2 Å². The van der Waals surface area contributed by atoms with Gasteiger partial charge in [0, 0.05) is 18.4 Å². The summed E-state index contributed by atoms with van der Waals surface area (Å²) in [6, 6.07) is 11.3. The lowest BCUT2D eigenvalue weighted by molar-refractivity contribution is -0.137. The second kappa shape index (κ2) is 8.44. The lowest BCUT2D eigenvalue weighted by Gasteiger charge is -2.46. The molecular weight excluding hydrogens is 382 g/mol. The van der Waals surface area contributed by atoms with Crippen LogP contribution in [0.15, 0.2) is 48.5 Å². The zero-order valence-electron chi connectivity index (χ0n) is 16.7. The molecule has 0 bridgehead atoms. The first-order chi connectivity index (χ1) is 13.6. The van der Waals surface area contributed by atoms with Crippen molar-refractivity contribution in [3.63, 3.8) is 0 Å². The van der Waals surface area contributed by atoms with Crippen molar-refractivity contribution >= 4 is 0 Å². The molecule has 1 aliphatic rings. The van der Waals surface area contributed by atoms with Crippen LogP contribution in [0, 0.1) is 11.7 Å². The molecule has 2 aromatic rings. The fraction of sp³-hybridized carbons (Fsp3) is 0.478. The molecule has 0 heterocycles. The van der Waals surface area contributed by atoms with Gasteiger partial charge in [-0.25, -0.2) is 4.39 Å². The van der Waals surface area contributed by atoms with E-state index in [1.807, 2.05) is 19.0 Å². The van der Waals surface area contributed by atoms with Gasteiger partial charge in [0.15, 0.2) is 0 Å². The van der Waals surface area contributed by atoms with Crippen molar-refractivity contribution in [1.29, 1.82) is 0 Å². The second-order valence-corrected chi connectivity index (χ2v) is 8.29. The Labute approximate surface area is 169 Å². The van der Waals surface area contributed by atoms with Gasteiger partial charge in [0.2, 0.25) is 0 Å². The van der Waals surface area contributed by atoms with Crippen molar-refractivity contribution < 1.29 is 22.7 Å². The highest BCUT2D eigenvalue weighted by Gasteiger charge is 2.44. The molecule has 0 radical (unpaired) electrons. The SMILES string of the molecule is CN(C)C(c1ccc(F)cc1)C1CCCCC1(O)Cc1cccc(C(F)(F)F)c1. The summed E-state index contributed by atoms with van der Waals surface area (Å²) in [5, 5.41) is 11.6. The molecule has 3 unspecified atom stereocenters. The fourth-order valence-electron chi connectivity index (χ4n) is 4.68. The molecule has 3 rings (SSSR count). The first-order valence-electron chi connectivity index (χ1n) is 9.90. The quantitative estimate of drug-likeness (QED) is 0.649. The van der Waals surface area contributed by atoms with Gasteiger partial charge in [-0.2, -0.15) is 13.2 Å². The summed E-state index contributed by atoms with van der Waals surface area (Å²) in [4.78, 5) is 2.00. The van der Waals surface area contributed by atoms with E-state index >= 15 is 0 Å². The third-order valence-electron chi connectivity index (χ3n) is 5.98. The molecule has 0 saturated heterocycles. The summed E-state index contributed by atoms with van der Waals surface area (Å²) in [6.07, 6.45) is -1.19. The van der Waals surface area contributed by atoms with E-state index in [4.69, 9.17) is 0 Å². The van der Waals surface area contributed by atoms with Gasteiger partial charge in [-0.3, -0.25) is 0 Å². The van der Waals surface area contributed by atoms with Gasteiger partial charge in [-0.1, -0.05) is 43.2 Å². The standard InChI is InChI=1S/C23H27F4NO/c1-28(2)21(17-9-11-19(24)12-10-17)20-8-3-4-13-22(20,29)15-16-6-5-7-18(14-16)23(25,26)27/h5-7,9-12,14,20-21,29H,3-4,8,13,15H2,1-2H3. The average molecular weight is 409 g/mol. The molecule has 3 atom stereocenters. The van der Waals surface area contributed by atoms with Crippen molar-refractivity contribution in [2.24, 2.45) is 5.92 Å². The first-order valence-corrected chi connectivity index (χ1v) is 9.90. The summed E-state index contributed by atoms with van der Waals surface area (Å²) in [7, 11) is 3.82. The zero-order valence-corrected chi connectivity index (χ0v) is 16.7. The summed E-state index contributed by atoms with van der Waals surface area (Å²) in [5.41, 5.74) is -0.462. The molecule has 1 aliphatic carbocycles. The van der Waals surface area contributed by atoms with Gasteiger partial charge in [0.1, 0.15) is 5.82 Å². The van der Waals surface area contributed by atoms with Gasteiger partial charge in [0.25, 0.3) is 0 Å². The number of alkyl halides is 3. The fourth-order valence-corrected chi connectivity index (χ4v) is 4.68. The predicted octanol–water partition coefficient (Wildman–Crippen LogP) is 5.61. The Hall–Kier alpha value is -1.92. The Balaban J connectivity index is 1.94. The molecule has 29 heavy (non-hydrogen) atoms. The van der Waals surface area contributed by atoms with Crippen molar-refractivity contribution in [2.45, 2.75) is 49.9 Å². The van der Waals surface area contributed by atoms with Crippen LogP contribution in [0.3, 0.4) is 0 Å². The van der Waals surface area contributed by atoms with Crippen LogP contribution in [0.5, 0.6) is 0 Å². The van der Waals surface area contributed by atoms with E-state index in [1.165, 1.54) is 18.2 Å². The average Bonchev–Trinajstić information content (AvgIpc) is 2.64. The van der Waals surface area contributed by atoms with Gasteiger partial charge in [-0.15, -0.1) is 0 Å². The lowest BCUT2D eigenvalue weighted by atomic mass is 9.67. The Morgan fingerprint density at radius 3 is 2.41 bits per heavy atom. The molecular formula is C23H27F4NO. The number of nitrogens with zero attached hydrogens (tertiary/aromatic N) is 1. The Kier molecular flexibility index (Phi) is 6.34. The highest BCUT2D eigenvalue weighted by Crippen LogP contribution is 2.45. The van der Waals surface area contributed by atoms with Crippen LogP contribution >= 0.6 is 0 Å². The normalized spacial score (nSPS) is 23.9. The zero-order chi connectivity index (χ0) is 21.2. The first kappa shape index (κ1) is 21.8. The minimum absolute atomic E-state index is 0.160. The van der Waals surface area contributed by atoms with E-state index in [0.717, 1.165) is 37.0 Å². The van der Waals surface area contributed by atoms with Gasteiger partial charge >= 0.3 is 6.18 Å². The summed E-state index contributed by atoms with van der Waals surface area (Å²) >= 11 is 0. The van der Waals surface area contributed by atoms with Crippen molar-refractivity contribution in [3.8, 4) is 0 Å². The molecule has 2 aromatic carbocycles. The number of rotatable bonds is 5. The van der Waals surface area contributed by atoms with E-state index in [9.17, 15) is 22.7 Å². The van der Waals surface area contributed by atoms with Crippen LogP contribution in [0.4, 0.5) is 17.6 Å². The number of hydrogen-bond acceptors (Lipinski definition) is 2. The minimum atomic E-state index is -4.41. The molecule has 1 fully saturated rings. The van der Waals surface area contributed by atoms with Crippen molar-refractivity contribution in [3.05, 3.63) is 71.0 Å². The molecule has 1 N–H and O–H groups in total. The number of halogens is 4. The highest BCUT2D eigenvalue weighted by molar-refractivity contribution is 5.28. The maximum Gasteiger partial charge on any atom is 0.416 e. The van der Waals surface area contributed by atoms with Crippen molar-refractivity contribution in [1.82, 2.24) is 4.90 Å². The lowest BCUT2D eigenvalue weighted by Crippen LogP contribution is -2.48. The van der Waals surface area contributed by atoms with Gasteiger partial charge < -0.3 is 10.0 Å². The van der Waals surface area contributed by atoms with Crippen LogP contribution in [0.2, 0.25) is 0 Å². The third-order valence-corrected chi connectivity index (χ3v) is 5.98. The predicted molar refractivity (Wildman–Crippen MR) is 105 cm³/mol. The Morgan fingerprint density at radius 1 is 1.10 bits per heavy atom. The second-order valence-electron chi connectivity index (χ2n) is 8.29.